The molecule has 2 atom stereocenters. The summed E-state index contributed by atoms with van der Waals surface area (Å²) in [5, 5.41) is 0.659. The predicted molar refractivity (Wildman–Crippen MR) is 69.1 cm³/mol. The maximum Gasteiger partial charge on any atom is 0.0369 e. The van der Waals surface area contributed by atoms with Crippen molar-refractivity contribution in [3.8, 4) is 0 Å². The maximum atomic E-state index is 5.67. The van der Waals surface area contributed by atoms with Crippen molar-refractivity contribution < 1.29 is 0 Å². The largest absolute Gasteiger partial charge is 0.271 e. The van der Waals surface area contributed by atoms with Crippen molar-refractivity contribution in [2.45, 2.75) is 37.0 Å². The molecule has 1 aromatic rings. The third-order valence-electron chi connectivity index (χ3n) is 3.08. The molecule has 2 rings (SSSR count). The third kappa shape index (κ3) is 3.20. The Morgan fingerprint density at radius 3 is 2.88 bits per heavy atom. The van der Waals surface area contributed by atoms with Crippen molar-refractivity contribution in [1.29, 1.82) is 0 Å². The molecule has 2 unspecified atom stereocenters. The first-order valence-electron chi connectivity index (χ1n) is 5.87. The van der Waals surface area contributed by atoms with Gasteiger partial charge in [-0.1, -0.05) is 6.42 Å². The minimum absolute atomic E-state index is 0.382. The highest BCUT2D eigenvalue weighted by Crippen LogP contribution is 2.28. The van der Waals surface area contributed by atoms with E-state index in [2.05, 4.69) is 34.3 Å². The first-order chi connectivity index (χ1) is 7.90. The van der Waals surface area contributed by atoms with E-state index >= 15 is 0 Å². The zero-order valence-corrected chi connectivity index (χ0v) is 10.2. The average Bonchev–Trinajstić information content (AvgIpc) is 2.38. The molecule has 0 radical (unpaired) electrons. The minimum Gasteiger partial charge on any atom is -0.271 e. The van der Waals surface area contributed by atoms with Crippen LogP contribution in [-0.2, 0) is 6.42 Å². The zero-order chi connectivity index (χ0) is 11.2. The summed E-state index contributed by atoms with van der Waals surface area (Å²) in [6, 6.07) is 4.52. The molecule has 1 saturated heterocycles. The Kier molecular flexibility index (Phi) is 4.63. The lowest BCUT2D eigenvalue weighted by molar-refractivity contribution is 0.472. The number of hydrogen-bond donors (Lipinski definition) is 2. The van der Waals surface area contributed by atoms with Crippen molar-refractivity contribution in [3.05, 3.63) is 30.1 Å². The molecule has 0 aromatic carbocycles. The summed E-state index contributed by atoms with van der Waals surface area (Å²) < 4.78 is 0. The van der Waals surface area contributed by atoms with Gasteiger partial charge < -0.3 is 0 Å². The van der Waals surface area contributed by atoms with Crippen LogP contribution in [0.15, 0.2) is 24.5 Å². The Morgan fingerprint density at radius 2 is 2.25 bits per heavy atom. The number of hydrazine groups is 1. The van der Waals surface area contributed by atoms with Crippen LogP contribution >= 0.6 is 11.8 Å². The van der Waals surface area contributed by atoms with Gasteiger partial charge >= 0.3 is 0 Å². The number of aromatic nitrogens is 1. The van der Waals surface area contributed by atoms with Gasteiger partial charge in [-0.2, -0.15) is 11.8 Å². The molecule has 1 aliphatic rings. The molecule has 2 heterocycles. The average molecular weight is 237 g/mol. The quantitative estimate of drug-likeness (QED) is 0.619. The molecule has 0 aliphatic carbocycles. The molecule has 3 N–H and O–H groups in total. The monoisotopic (exact) mass is 237 g/mol. The summed E-state index contributed by atoms with van der Waals surface area (Å²) in [5.41, 5.74) is 4.29. The van der Waals surface area contributed by atoms with E-state index in [1.807, 2.05) is 12.4 Å². The van der Waals surface area contributed by atoms with Gasteiger partial charge in [0.15, 0.2) is 0 Å². The number of thioether (sulfide) groups is 1. The van der Waals surface area contributed by atoms with Crippen molar-refractivity contribution >= 4 is 11.8 Å². The summed E-state index contributed by atoms with van der Waals surface area (Å²) in [7, 11) is 0. The molecule has 0 saturated carbocycles. The van der Waals surface area contributed by atoms with Crippen LogP contribution in [0.4, 0.5) is 0 Å². The Labute approximate surface area is 101 Å². The highest BCUT2D eigenvalue weighted by molar-refractivity contribution is 8.00. The number of nitrogens with two attached hydrogens (primary N) is 1. The molecule has 1 fully saturated rings. The fraction of sp³-hybridized carbons (Fsp3) is 0.583. The lowest BCUT2D eigenvalue weighted by Gasteiger charge is -2.29. The second-order valence-corrected chi connectivity index (χ2v) is 5.58. The van der Waals surface area contributed by atoms with E-state index in [-0.39, 0.29) is 0 Å². The van der Waals surface area contributed by atoms with Gasteiger partial charge in [-0.15, -0.1) is 0 Å². The second-order valence-electron chi connectivity index (χ2n) is 4.24. The summed E-state index contributed by atoms with van der Waals surface area (Å²) in [5.74, 6) is 6.95. The topological polar surface area (TPSA) is 50.9 Å². The fourth-order valence-corrected chi connectivity index (χ4v) is 3.57. The maximum absolute atomic E-state index is 5.67. The lowest BCUT2D eigenvalue weighted by atomic mass is 10.0. The summed E-state index contributed by atoms with van der Waals surface area (Å²) in [6.07, 6.45) is 8.66. The first kappa shape index (κ1) is 11.9. The predicted octanol–water partition coefficient (Wildman–Crippen LogP) is 1.74. The molecule has 0 spiro atoms. The Hall–Kier alpha value is -0.580. The molecule has 88 valence electrons. The molecular formula is C12H19N3S. The van der Waals surface area contributed by atoms with Gasteiger partial charge in [-0.3, -0.25) is 16.3 Å². The van der Waals surface area contributed by atoms with Crippen LogP contribution in [-0.4, -0.2) is 22.0 Å². The van der Waals surface area contributed by atoms with Crippen LogP contribution < -0.4 is 11.3 Å². The Bertz CT molecular complexity index is 298. The molecular weight excluding hydrogens is 218 g/mol. The SMILES string of the molecule is NNC(Cc1ccncc1)C1CCCCS1. The Balaban J connectivity index is 1.94. The molecule has 1 aromatic heterocycles. The van der Waals surface area contributed by atoms with E-state index in [4.69, 9.17) is 5.84 Å². The summed E-state index contributed by atoms with van der Waals surface area (Å²) in [4.78, 5) is 4.03. The standard InChI is InChI=1S/C12H19N3S/c13-15-11(12-3-1-2-8-16-12)9-10-4-6-14-7-5-10/h4-7,11-12,15H,1-3,8-9,13H2. The van der Waals surface area contributed by atoms with Crippen LogP contribution in [0.1, 0.15) is 24.8 Å². The molecule has 0 bridgehead atoms. The van der Waals surface area contributed by atoms with Crippen molar-refractivity contribution in [3.63, 3.8) is 0 Å². The third-order valence-corrected chi connectivity index (χ3v) is 4.60. The van der Waals surface area contributed by atoms with Crippen LogP contribution in [0, 0.1) is 0 Å². The first-order valence-corrected chi connectivity index (χ1v) is 6.91. The number of hydrogen-bond acceptors (Lipinski definition) is 4. The van der Waals surface area contributed by atoms with E-state index in [0.717, 1.165) is 6.42 Å². The van der Waals surface area contributed by atoms with Crippen LogP contribution in [0.5, 0.6) is 0 Å². The molecule has 16 heavy (non-hydrogen) atoms. The molecule has 3 nitrogen and oxygen atoms in total. The van der Waals surface area contributed by atoms with Crippen LogP contribution in [0.3, 0.4) is 0 Å². The summed E-state index contributed by atoms with van der Waals surface area (Å²) >= 11 is 2.06. The van der Waals surface area contributed by atoms with Crippen molar-refractivity contribution in [2.75, 3.05) is 5.75 Å². The lowest BCUT2D eigenvalue weighted by Crippen LogP contribution is -2.45. The van der Waals surface area contributed by atoms with E-state index in [1.165, 1.54) is 30.6 Å². The fourth-order valence-electron chi connectivity index (χ4n) is 2.15. The number of pyridine rings is 1. The van der Waals surface area contributed by atoms with Gasteiger partial charge in [0.1, 0.15) is 0 Å². The normalized spacial score (nSPS) is 22.9. The minimum atomic E-state index is 0.382. The molecule has 1 aliphatic heterocycles. The van der Waals surface area contributed by atoms with Crippen LogP contribution in [0.2, 0.25) is 0 Å². The number of nitrogens with one attached hydrogen (secondary N) is 1. The van der Waals surface area contributed by atoms with Crippen molar-refractivity contribution in [1.82, 2.24) is 10.4 Å². The van der Waals surface area contributed by atoms with E-state index in [0.29, 0.717) is 11.3 Å². The van der Waals surface area contributed by atoms with Gasteiger partial charge in [0, 0.05) is 23.7 Å². The number of nitrogens with zero attached hydrogens (tertiary/aromatic N) is 1. The van der Waals surface area contributed by atoms with Gasteiger partial charge in [0.25, 0.3) is 0 Å². The van der Waals surface area contributed by atoms with E-state index < -0.39 is 0 Å². The van der Waals surface area contributed by atoms with E-state index in [1.54, 1.807) is 0 Å². The van der Waals surface area contributed by atoms with Gasteiger partial charge in [-0.05, 0) is 42.7 Å². The summed E-state index contributed by atoms with van der Waals surface area (Å²) in [6.45, 7) is 0. The van der Waals surface area contributed by atoms with Crippen LogP contribution in [0.25, 0.3) is 0 Å². The number of rotatable bonds is 4. The highest BCUT2D eigenvalue weighted by Gasteiger charge is 2.23. The van der Waals surface area contributed by atoms with Gasteiger partial charge in [0.2, 0.25) is 0 Å². The second kappa shape index (κ2) is 6.23. The molecule has 4 heteroatoms. The van der Waals surface area contributed by atoms with E-state index in [9.17, 15) is 0 Å². The zero-order valence-electron chi connectivity index (χ0n) is 9.43. The Morgan fingerprint density at radius 1 is 1.44 bits per heavy atom. The van der Waals surface area contributed by atoms with Crippen molar-refractivity contribution in [2.24, 2.45) is 5.84 Å². The van der Waals surface area contributed by atoms with Gasteiger partial charge in [0.05, 0.1) is 0 Å². The van der Waals surface area contributed by atoms with Gasteiger partial charge in [-0.25, -0.2) is 0 Å². The molecule has 0 amide bonds. The smallest absolute Gasteiger partial charge is 0.0369 e. The highest BCUT2D eigenvalue weighted by atomic mass is 32.2.